The minimum Gasteiger partial charge on any atom is -0.484 e. The number of rotatable bonds is 11. The number of thioether (sulfide) groups is 1. The molecule has 3 aliphatic rings. The van der Waals surface area contributed by atoms with Crippen molar-refractivity contribution in [1.82, 2.24) is 19.7 Å². The van der Waals surface area contributed by atoms with E-state index in [1.807, 2.05) is 0 Å². The van der Waals surface area contributed by atoms with E-state index in [1.54, 1.807) is 55.2 Å². The lowest BCUT2D eigenvalue weighted by Crippen LogP contribution is -2.71. The van der Waals surface area contributed by atoms with Crippen molar-refractivity contribution in [3.05, 3.63) is 93.9 Å². The van der Waals surface area contributed by atoms with Crippen LogP contribution in [0.15, 0.2) is 76.9 Å². The van der Waals surface area contributed by atoms with E-state index in [-0.39, 0.29) is 65.5 Å². The van der Waals surface area contributed by atoms with Gasteiger partial charge in [-0.3, -0.25) is 19.3 Å². The van der Waals surface area contributed by atoms with Crippen molar-refractivity contribution >= 4 is 58.2 Å². The van der Waals surface area contributed by atoms with E-state index < -0.39 is 59.1 Å². The number of nitrogens with one attached hydrogen (secondary N) is 1. The number of ether oxygens (including phenoxy) is 3. The van der Waals surface area contributed by atoms with Gasteiger partial charge in [0.1, 0.15) is 41.0 Å². The molecule has 2 atom stereocenters. The lowest BCUT2D eigenvalue weighted by atomic mass is 10.0. The van der Waals surface area contributed by atoms with Crippen LogP contribution in [0, 0.1) is 5.82 Å². The number of carboxylic acids is 1. The minimum atomic E-state index is -1.41. The molecule has 2 fully saturated rings. The molecule has 1 aromatic heterocycles. The SMILES string of the molecule is CC=COC(=O)N1CCN(c2cc3c(cc2F)c(=O)cc(C(=O)OCC2=C(C(=O)O)N4C(=O)[C@@H](NC(=O)COc5ccccc5)[C@H]4SC2)n3CC)CC1. The summed E-state index contributed by atoms with van der Waals surface area (Å²) in [4.78, 5) is 81.1. The van der Waals surface area contributed by atoms with Crippen LogP contribution in [0.3, 0.4) is 0 Å². The Hall–Kier alpha value is -5.84. The van der Waals surface area contributed by atoms with Crippen LogP contribution in [0.1, 0.15) is 24.3 Å². The lowest BCUT2D eigenvalue weighted by molar-refractivity contribution is -0.151. The summed E-state index contributed by atoms with van der Waals surface area (Å²) in [5, 5.41) is 12.0. The number of para-hydroxylation sites is 1. The summed E-state index contributed by atoms with van der Waals surface area (Å²) in [5.74, 6) is -3.60. The van der Waals surface area contributed by atoms with Crippen LogP contribution in [0.5, 0.6) is 5.75 Å². The molecule has 2 N–H and O–H groups in total. The summed E-state index contributed by atoms with van der Waals surface area (Å²) in [7, 11) is 0. The number of pyridine rings is 1. The zero-order chi connectivity index (χ0) is 37.8. The molecule has 2 aromatic carbocycles. The zero-order valence-electron chi connectivity index (χ0n) is 28.8. The Bertz CT molecular complexity index is 2080. The molecule has 3 amide bonds. The smallest absolute Gasteiger partial charge is 0.414 e. The van der Waals surface area contributed by atoms with Crippen molar-refractivity contribution in [1.29, 1.82) is 0 Å². The Balaban J connectivity index is 1.15. The van der Waals surface area contributed by atoms with E-state index in [2.05, 4.69) is 5.32 Å². The number of aliphatic carboxylic acids is 1. The molecular weight excluding hydrogens is 713 g/mol. The molecule has 0 unspecified atom stereocenters. The summed E-state index contributed by atoms with van der Waals surface area (Å²) in [5.41, 5.74) is -0.463. The number of fused-ring (bicyclic) bond motifs is 2. The van der Waals surface area contributed by atoms with Crippen LogP contribution in [-0.2, 0) is 30.4 Å². The second kappa shape index (κ2) is 15.8. The summed E-state index contributed by atoms with van der Waals surface area (Å²) >= 11 is 1.20. The maximum Gasteiger partial charge on any atom is 0.414 e. The van der Waals surface area contributed by atoms with Gasteiger partial charge in [0.25, 0.3) is 11.8 Å². The molecule has 0 radical (unpaired) electrons. The number of piperazine rings is 1. The molecule has 0 spiro atoms. The largest absolute Gasteiger partial charge is 0.484 e. The average molecular weight is 750 g/mol. The summed E-state index contributed by atoms with van der Waals surface area (Å²) in [6.07, 6.45) is 2.35. The van der Waals surface area contributed by atoms with E-state index in [4.69, 9.17) is 14.2 Å². The molecule has 17 heteroatoms. The Morgan fingerprint density at radius 1 is 1.06 bits per heavy atom. The number of nitrogens with zero attached hydrogens (tertiary/aromatic N) is 4. The number of amides is 3. The van der Waals surface area contributed by atoms with Crippen molar-refractivity contribution in [3.8, 4) is 5.75 Å². The van der Waals surface area contributed by atoms with Crippen LogP contribution >= 0.6 is 11.8 Å². The number of allylic oxidation sites excluding steroid dienone is 1. The van der Waals surface area contributed by atoms with Gasteiger partial charge in [-0.15, -0.1) is 11.8 Å². The zero-order valence-corrected chi connectivity index (χ0v) is 29.6. The third kappa shape index (κ3) is 7.55. The fraction of sp³-hybridized carbons (Fsp3) is 0.333. The van der Waals surface area contributed by atoms with Gasteiger partial charge in [0, 0.05) is 55.5 Å². The molecule has 3 aliphatic heterocycles. The van der Waals surface area contributed by atoms with Gasteiger partial charge in [0.15, 0.2) is 12.0 Å². The standard InChI is InChI=1S/C36H36FN5O10S/c1-3-14-50-36(49)40-12-10-39(11-13-40)26-16-25-23(15-24(26)37)28(43)17-27(41(25)4-2)35(48)52-18-21-20-53-33-30(32(45)42(33)31(21)34(46)47)38-29(44)19-51-22-8-6-5-7-9-22/h3,5-9,14-17,30,33H,4,10-13,18-20H2,1-2H3,(H,38,44)(H,46,47)/t30-,33-/m1/s1. The average Bonchev–Trinajstić information content (AvgIpc) is 3.17. The van der Waals surface area contributed by atoms with E-state index in [0.717, 1.165) is 17.0 Å². The number of esters is 1. The van der Waals surface area contributed by atoms with Gasteiger partial charge >= 0.3 is 18.0 Å². The Labute approximate surface area is 306 Å². The number of carbonyl (C=O) groups excluding carboxylic acids is 4. The molecule has 6 rings (SSSR count). The molecule has 2 saturated heterocycles. The van der Waals surface area contributed by atoms with Gasteiger partial charge in [-0.1, -0.05) is 24.3 Å². The van der Waals surface area contributed by atoms with Crippen LogP contribution in [0.4, 0.5) is 14.9 Å². The number of anilines is 1. The third-order valence-corrected chi connectivity index (χ3v) is 10.3. The van der Waals surface area contributed by atoms with E-state index >= 15 is 4.39 Å². The molecule has 0 aliphatic carbocycles. The molecule has 53 heavy (non-hydrogen) atoms. The first-order valence-electron chi connectivity index (χ1n) is 16.7. The van der Waals surface area contributed by atoms with Gasteiger partial charge in [0.2, 0.25) is 0 Å². The highest BCUT2D eigenvalue weighted by Crippen LogP contribution is 2.40. The van der Waals surface area contributed by atoms with Crippen molar-refractivity contribution in [3.63, 3.8) is 0 Å². The van der Waals surface area contributed by atoms with Crippen molar-refractivity contribution in [2.75, 3.05) is 50.0 Å². The number of carbonyl (C=O) groups is 5. The highest BCUT2D eigenvalue weighted by Gasteiger charge is 2.54. The molecular formula is C36H36FN5O10S. The highest BCUT2D eigenvalue weighted by atomic mass is 32.2. The number of hydrogen-bond acceptors (Lipinski definition) is 11. The topological polar surface area (TPSA) is 177 Å². The first-order chi connectivity index (χ1) is 25.5. The van der Waals surface area contributed by atoms with Crippen LogP contribution in [0.25, 0.3) is 10.9 Å². The quantitative estimate of drug-likeness (QED) is 0.167. The number of aryl methyl sites for hydroxylation is 1. The molecule has 0 bridgehead atoms. The highest BCUT2D eigenvalue weighted by molar-refractivity contribution is 8.00. The van der Waals surface area contributed by atoms with E-state index in [1.165, 1.54) is 33.6 Å². The fourth-order valence-corrected chi connectivity index (χ4v) is 7.69. The number of benzene rings is 2. The normalized spacial score (nSPS) is 18.5. The number of halogens is 1. The van der Waals surface area contributed by atoms with Crippen LogP contribution in [0.2, 0.25) is 0 Å². The lowest BCUT2D eigenvalue weighted by Gasteiger charge is -2.49. The van der Waals surface area contributed by atoms with E-state index in [9.17, 15) is 33.9 Å². The van der Waals surface area contributed by atoms with Gasteiger partial charge in [-0.2, -0.15) is 0 Å². The number of β-lactam (4-membered cyclic amide) rings is 1. The Kier molecular flexibility index (Phi) is 11.0. The number of carboxylic acid groups (broad SMARTS) is 1. The Morgan fingerprint density at radius 3 is 2.47 bits per heavy atom. The van der Waals surface area contributed by atoms with Gasteiger partial charge in [-0.25, -0.2) is 18.8 Å². The summed E-state index contributed by atoms with van der Waals surface area (Å²) < 4.78 is 32.9. The monoisotopic (exact) mass is 749 g/mol. The van der Waals surface area contributed by atoms with E-state index in [0.29, 0.717) is 18.8 Å². The number of aromatic nitrogens is 1. The predicted molar refractivity (Wildman–Crippen MR) is 191 cm³/mol. The molecule has 278 valence electrons. The maximum atomic E-state index is 15.4. The minimum absolute atomic E-state index is 0.0494. The second-order valence-electron chi connectivity index (χ2n) is 12.2. The van der Waals surface area contributed by atoms with Crippen molar-refractivity contribution in [2.24, 2.45) is 0 Å². The van der Waals surface area contributed by atoms with Crippen molar-refractivity contribution in [2.45, 2.75) is 31.8 Å². The number of hydrogen-bond donors (Lipinski definition) is 2. The molecule has 0 saturated carbocycles. The molecule has 3 aromatic rings. The van der Waals surface area contributed by atoms with Gasteiger partial charge < -0.3 is 39.0 Å². The summed E-state index contributed by atoms with van der Waals surface area (Å²) in [6.45, 7) is 3.95. The van der Waals surface area contributed by atoms with Gasteiger partial charge in [-0.05, 0) is 38.1 Å². The first kappa shape index (κ1) is 36.9. The molecule has 4 heterocycles. The van der Waals surface area contributed by atoms with Crippen molar-refractivity contribution < 1.29 is 47.7 Å². The van der Waals surface area contributed by atoms with Crippen LogP contribution in [-0.4, -0.2) is 106 Å². The second-order valence-corrected chi connectivity index (χ2v) is 13.3. The van der Waals surface area contributed by atoms with Crippen LogP contribution < -0.4 is 20.4 Å². The predicted octanol–water partition coefficient (Wildman–Crippen LogP) is 2.93. The third-order valence-electron chi connectivity index (χ3n) is 8.95. The Morgan fingerprint density at radius 2 is 1.79 bits per heavy atom. The first-order valence-corrected chi connectivity index (χ1v) is 17.8. The maximum absolute atomic E-state index is 15.4. The van der Waals surface area contributed by atoms with Gasteiger partial charge in [0.05, 0.1) is 17.5 Å². The molecule has 15 nitrogen and oxygen atoms in total. The summed E-state index contributed by atoms with van der Waals surface area (Å²) in [6, 6.07) is 11.3. The fourth-order valence-electron chi connectivity index (χ4n) is 6.37.